The number of anilines is 2. The second kappa shape index (κ2) is 11.3. The molecule has 0 unspecified atom stereocenters. The summed E-state index contributed by atoms with van der Waals surface area (Å²) in [4.78, 5) is 33.4. The summed E-state index contributed by atoms with van der Waals surface area (Å²) in [6, 6.07) is 8.68. The maximum atomic E-state index is 12.0. The van der Waals surface area contributed by atoms with Crippen LogP contribution >= 0.6 is 0 Å². The Hall–Kier alpha value is -3.34. The van der Waals surface area contributed by atoms with Crippen LogP contribution in [0.1, 0.15) is 32.6 Å². The average Bonchev–Trinajstić information content (AvgIpc) is 2.58. The lowest BCUT2D eigenvalue weighted by atomic mass is 10.2. The van der Waals surface area contributed by atoms with E-state index in [1.54, 1.807) is 24.3 Å². The Balaban J connectivity index is 2.49. The number of hydrogen-bond donors (Lipinski definition) is 4. The third kappa shape index (κ3) is 8.49. The van der Waals surface area contributed by atoms with E-state index in [1.165, 1.54) is 13.1 Å². The average molecular weight is 358 g/mol. The molecule has 26 heavy (non-hydrogen) atoms. The van der Waals surface area contributed by atoms with E-state index in [9.17, 15) is 14.4 Å². The molecule has 2 amide bonds. The van der Waals surface area contributed by atoms with Gasteiger partial charge in [-0.25, -0.2) is 0 Å². The zero-order chi connectivity index (χ0) is 19.4. The summed E-state index contributed by atoms with van der Waals surface area (Å²) in [6.07, 6.45) is 3.29. The van der Waals surface area contributed by atoms with Gasteiger partial charge < -0.3 is 21.1 Å². The number of carboxylic acid groups (broad SMARTS) is 1. The van der Waals surface area contributed by atoms with E-state index in [0.29, 0.717) is 37.2 Å². The van der Waals surface area contributed by atoms with E-state index in [2.05, 4.69) is 16.0 Å². The van der Waals surface area contributed by atoms with Gasteiger partial charge in [-0.2, -0.15) is 5.26 Å². The van der Waals surface area contributed by atoms with Gasteiger partial charge in [0, 0.05) is 37.5 Å². The molecule has 8 nitrogen and oxygen atoms in total. The third-order valence-electron chi connectivity index (χ3n) is 3.28. The highest BCUT2D eigenvalue weighted by Crippen LogP contribution is 2.15. The maximum absolute atomic E-state index is 12.0. The van der Waals surface area contributed by atoms with Gasteiger partial charge in [0.05, 0.1) is 0 Å². The first kappa shape index (κ1) is 20.7. The molecule has 1 aromatic rings. The Kier molecular flexibility index (Phi) is 8.96. The van der Waals surface area contributed by atoms with E-state index >= 15 is 0 Å². The van der Waals surface area contributed by atoms with Crippen molar-refractivity contribution in [3.05, 3.63) is 36.0 Å². The Morgan fingerprint density at radius 3 is 2.58 bits per heavy atom. The van der Waals surface area contributed by atoms with Gasteiger partial charge in [-0.05, 0) is 31.0 Å². The summed E-state index contributed by atoms with van der Waals surface area (Å²) < 4.78 is 0. The van der Waals surface area contributed by atoms with Crippen molar-refractivity contribution < 1.29 is 19.5 Å². The van der Waals surface area contributed by atoms with Crippen molar-refractivity contribution in [1.29, 1.82) is 5.26 Å². The number of benzene rings is 1. The normalized spacial score (nSPS) is 10.5. The van der Waals surface area contributed by atoms with Gasteiger partial charge in [0.1, 0.15) is 11.6 Å². The molecule has 0 atom stereocenters. The largest absolute Gasteiger partial charge is 0.481 e. The van der Waals surface area contributed by atoms with E-state index < -0.39 is 11.9 Å². The summed E-state index contributed by atoms with van der Waals surface area (Å²) >= 11 is 0. The molecule has 0 aliphatic carbocycles. The molecule has 0 aliphatic heterocycles. The molecule has 0 heterocycles. The second-order valence-electron chi connectivity index (χ2n) is 5.54. The highest BCUT2D eigenvalue weighted by atomic mass is 16.4. The number of unbranched alkanes of at least 4 members (excludes halogenated alkanes) is 2. The van der Waals surface area contributed by atoms with Crippen molar-refractivity contribution in [2.75, 3.05) is 17.2 Å². The topological polar surface area (TPSA) is 131 Å². The molecule has 0 radical (unpaired) electrons. The number of amides is 2. The van der Waals surface area contributed by atoms with E-state index in [1.807, 2.05) is 6.07 Å². The molecular weight excluding hydrogens is 336 g/mol. The van der Waals surface area contributed by atoms with Crippen LogP contribution in [-0.2, 0) is 14.4 Å². The monoisotopic (exact) mass is 358 g/mol. The molecule has 0 spiro atoms. The number of rotatable bonds is 10. The number of nitrogens with zero attached hydrogens (tertiary/aromatic N) is 1. The van der Waals surface area contributed by atoms with Crippen LogP contribution < -0.4 is 16.0 Å². The summed E-state index contributed by atoms with van der Waals surface area (Å²) in [7, 11) is 0. The summed E-state index contributed by atoms with van der Waals surface area (Å²) in [6.45, 7) is 1.77. The lowest BCUT2D eigenvalue weighted by Crippen LogP contribution is -2.26. The quantitative estimate of drug-likeness (QED) is 0.288. The van der Waals surface area contributed by atoms with Crippen LogP contribution in [0.4, 0.5) is 11.4 Å². The lowest BCUT2D eigenvalue weighted by molar-refractivity contribution is -0.137. The van der Waals surface area contributed by atoms with Crippen molar-refractivity contribution in [2.45, 2.75) is 32.6 Å². The van der Waals surface area contributed by atoms with Crippen LogP contribution in [0, 0.1) is 11.3 Å². The molecule has 138 valence electrons. The van der Waals surface area contributed by atoms with Crippen molar-refractivity contribution in [3.63, 3.8) is 0 Å². The van der Waals surface area contributed by atoms with Crippen LogP contribution in [0.15, 0.2) is 36.0 Å². The molecular formula is C18H22N4O4. The fourth-order valence-corrected chi connectivity index (χ4v) is 2.07. The van der Waals surface area contributed by atoms with E-state index in [-0.39, 0.29) is 17.9 Å². The highest BCUT2D eigenvalue weighted by molar-refractivity contribution is 5.97. The highest BCUT2D eigenvalue weighted by Gasteiger charge is 2.08. The first-order valence-corrected chi connectivity index (χ1v) is 8.17. The first-order chi connectivity index (χ1) is 12.4. The maximum Gasteiger partial charge on any atom is 0.303 e. The van der Waals surface area contributed by atoms with Crippen molar-refractivity contribution in [3.8, 4) is 6.07 Å². The fraction of sp³-hybridized carbons (Fsp3) is 0.333. The number of carbonyl (C=O) groups is 3. The standard InChI is InChI=1S/C18H22N4O4/c1-13(23)22-16-7-5-6-15(10-16)21-12-14(11-19)18(26)20-9-4-2-3-8-17(24)25/h5-7,10,12,21H,2-4,8-9H2,1H3,(H,20,26)(H,22,23)(H,24,25)/b14-12-. The molecule has 1 rings (SSSR count). The molecule has 0 bridgehead atoms. The lowest BCUT2D eigenvalue weighted by Gasteiger charge is -2.07. The van der Waals surface area contributed by atoms with Gasteiger partial charge in [0.15, 0.2) is 0 Å². The third-order valence-corrected chi connectivity index (χ3v) is 3.28. The van der Waals surface area contributed by atoms with E-state index in [0.717, 1.165) is 0 Å². The minimum Gasteiger partial charge on any atom is -0.481 e. The van der Waals surface area contributed by atoms with Crippen molar-refractivity contribution in [1.82, 2.24) is 5.32 Å². The molecule has 8 heteroatoms. The summed E-state index contributed by atoms with van der Waals surface area (Å²) in [5.74, 6) is -1.54. The minimum absolute atomic E-state index is 0.0829. The zero-order valence-electron chi connectivity index (χ0n) is 14.5. The number of hydrogen-bond acceptors (Lipinski definition) is 5. The summed E-state index contributed by atoms with van der Waals surface area (Å²) in [5, 5.41) is 25.8. The van der Waals surface area contributed by atoms with E-state index in [4.69, 9.17) is 10.4 Å². The molecule has 0 fully saturated rings. The Morgan fingerprint density at radius 2 is 1.92 bits per heavy atom. The number of carboxylic acids is 1. The molecule has 0 saturated carbocycles. The predicted molar refractivity (Wildman–Crippen MR) is 97.2 cm³/mol. The van der Waals surface area contributed by atoms with Gasteiger partial charge >= 0.3 is 5.97 Å². The Labute approximate surface area is 151 Å². The van der Waals surface area contributed by atoms with Crippen molar-refractivity contribution in [2.24, 2.45) is 0 Å². The van der Waals surface area contributed by atoms with Gasteiger partial charge in [-0.1, -0.05) is 12.5 Å². The molecule has 0 saturated heterocycles. The van der Waals surface area contributed by atoms with Crippen LogP contribution in [0.3, 0.4) is 0 Å². The Morgan fingerprint density at radius 1 is 1.19 bits per heavy atom. The SMILES string of the molecule is CC(=O)Nc1cccc(N/C=C(/C#N)C(=O)NCCCCCC(=O)O)c1. The fourth-order valence-electron chi connectivity index (χ4n) is 2.07. The zero-order valence-corrected chi connectivity index (χ0v) is 14.5. The van der Waals surface area contributed by atoms with Gasteiger partial charge in [0.25, 0.3) is 5.91 Å². The predicted octanol–water partition coefficient (Wildman–Crippen LogP) is 2.23. The molecule has 0 aromatic heterocycles. The number of nitrogens with one attached hydrogen (secondary N) is 3. The second-order valence-corrected chi connectivity index (χ2v) is 5.54. The molecule has 4 N–H and O–H groups in total. The molecule has 1 aromatic carbocycles. The number of carbonyl (C=O) groups excluding carboxylic acids is 2. The van der Waals surface area contributed by atoms with Crippen LogP contribution in [-0.4, -0.2) is 29.4 Å². The summed E-state index contributed by atoms with van der Waals surface area (Å²) in [5.41, 5.74) is 1.13. The molecule has 0 aliphatic rings. The van der Waals surface area contributed by atoms with Crippen LogP contribution in [0.2, 0.25) is 0 Å². The minimum atomic E-state index is -0.836. The Bertz CT molecular complexity index is 722. The van der Waals surface area contributed by atoms with Crippen LogP contribution in [0.25, 0.3) is 0 Å². The number of nitriles is 1. The van der Waals surface area contributed by atoms with Gasteiger partial charge in [-0.15, -0.1) is 0 Å². The first-order valence-electron chi connectivity index (χ1n) is 8.17. The van der Waals surface area contributed by atoms with Crippen LogP contribution in [0.5, 0.6) is 0 Å². The smallest absolute Gasteiger partial charge is 0.303 e. The van der Waals surface area contributed by atoms with Crippen molar-refractivity contribution >= 4 is 29.2 Å². The number of aliphatic carboxylic acids is 1. The van der Waals surface area contributed by atoms with Gasteiger partial charge in [-0.3, -0.25) is 14.4 Å². The van der Waals surface area contributed by atoms with Gasteiger partial charge in [0.2, 0.25) is 5.91 Å².